The van der Waals surface area contributed by atoms with Crippen LogP contribution in [0.4, 0.5) is 0 Å². The minimum atomic E-state index is -0.320. The van der Waals surface area contributed by atoms with Crippen LogP contribution in [-0.2, 0) is 9.53 Å². The van der Waals surface area contributed by atoms with Gasteiger partial charge in [-0.15, -0.1) is 0 Å². The lowest BCUT2D eigenvalue weighted by Crippen LogP contribution is -2.13. The molecule has 0 amide bonds. The van der Waals surface area contributed by atoms with Gasteiger partial charge in [-0.2, -0.15) is 0 Å². The Labute approximate surface area is 99.1 Å². The van der Waals surface area contributed by atoms with E-state index in [0.717, 1.165) is 5.56 Å². The van der Waals surface area contributed by atoms with E-state index < -0.39 is 0 Å². The third-order valence-corrected chi connectivity index (χ3v) is 2.79. The van der Waals surface area contributed by atoms with Crippen molar-refractivity contribution >= 4 is 29.2 Å². The third-order valence-electron chi connectivity index (χ3n) is 2.23. The zero-order valence-corrected chi connectivity index (χ0v) is 10.1. The summed E-state index contributed by atoms with van der Waals surface area (Å²) < 4.78 is 4.71. The molecule has 1 atom stereocenters. The Morgan fingerprint density at radius 1 is 1.47 bits per heavy atom. The summed E-state index contributed by atoms with van der Waals surface area (Å²) in [5.41, 5.74) is 0.760. The highest BCUT2D eigenvalue weighted by Crippen LogP contribution is 2.30. The molecule has 0 radical (unpaired) electrons. The van der Waals surface area contributed by atoms with Gasteiger partial charge in [0.2, 0.25) is 0 Å². The molecule has 0 heterocycles. The molecule has 0 aliphatic carbocycles. The fourth-order valence-electron chi connectivity index (χ4n) is 1.44. The molecule has 0 saturated heterocycles. The molecule has 0 aliphatic rings. The molecular weight excluding hydrogens is 235 g/mol. The molecule has 1 rings (SSSR count). The minimum absolute atomic E-state index is 0.276. The van der Waals surface area contributed by atoms with Crippen molar-refractivity contribution in [2.45, 2.75) is 19.3 Å². The van der Waals surface area contributed by atoms with Crippen molar-refractivity contribution in [2.24, 2.45) is 0 Å². The Kier molecular flexibility index (Phi) is 4.43. The zero-order chi connectivity index (χ0) is 11.4. The second-order valence-corrected chi connectivity index (χ2v) is 3.99. The maximum Gasteiger partial charge on any atom is 0.313 e. The van der Waals surface area contributed by atoms with Gasteiger partial charge in [0.15, 0.2) is 0 Å². The lowest BCUT2D eigenvalue weighted by molar-refractivity contribution is -0.142. The van der Waals surface area contributed by atoms with E-state index in [-0.39, 0.29) is 11.9 Å². The summed E-state index contributed by atoms with van der Waals surface area (Å²) in [4.78, 5) is 11.5. The van der Waals surface area contributed by atoms with Crippen LogP contribution in [0.25, 0.3) is 0 Å². The van der Waals surface area contributed by atoms with Gasteiger partial charge in [-0.25, -0.2) is 0 Å². The highest BCUT2D eigenvalue weighted by molar-refractivity contribution is 6.35. The van der Waals surface area contributed by atoms with E-state index in [4.69, 9.17) is 27.9 Å². The fourth-order valence-corrected chi connectivity index (χ4v) is 1.98. The number of carbonyl (C=O) groups excluding carboxylic acids is 1. The summed E-state index contributed by atoms with van der Waals surface area (Å²) in [5.74, 6) is -0.596. The van der Waals surface area contributed by atoms with E-state index in [9.17, 15) is 4.79 Å². The molecule has 15 heavy (non-hydrogen) atoms. The van der Waals surface area contributed by atoms with Gasteiger partial charge in [0.25, 0.3) is 0 Å². The Balaban J connectivity index is 3.07. The van der Waals surface area contributed by atoms with Gasteiger partial charge in [0.1, 0.15) is 0 Å². The SMILES string of the molecule is CCC(C(=O)OC)c1ccc(Cl)cc1Cl. The highest BCUT2D eigenvalue weighted by atomic mass is 35.5. The summed E-state index contributed by atoms with van der Waals surface area (Å²) in [6, 6.07) is 5.11. The molecule has 0 bridgehead atoms. The van der Waals surface area contributed by atoms with Crippen molar-refractivity contribution in [1.82, 2.24) is 0 Å². The van der Waals surface area contributed by atoms with Gasteiger partial charge in [-0.05, 0) is 24.1 Å². The van der Waals surface area contributed by atoms with E-state index in [1.807, 2.05) is 6.92 Å². The van der Waals surface area contributed by atoms with Gasteiger partial charge >= 0.3 is 5.97 Å². The first kappa shape index (κ1) is 12.3. The largest absolute Gasteiger partial charge is 0.469 e. The fraction of sp³-hybridized carbons (Fsp3) is 0.364. The zero-order valence-electron chi connectivity index (χ0n) is 8.59. The highest BCUT2D eigenvalue weighted by Gasteiger charge is 2.21. The summed E-state index contributed by atoms with van der Waals surface area (Å²) in [7, 11) is 1.37. The van der Waals surface area contributed by atoms with Crippen molar-refractivity contribution in [1.29, 1.82) is 0 Å². The monoisotopic (exact) mass is 246 g/mol. The normalized spacial score (nSPS) is 12.3. The van der Waals surface area contributed by atoms with Crippen LogP contribution in [0.3, 0.4) is 0 Å². The Morgan fingerprint density at radius 3 is 2.60 bits per heavy atom. The van der Waals surface area contributed by atoms with Gasteiger partial charge in [0, 0.05) is 10.0 Å². The van der Waals surface area contributed by atoms with Crippen LogP contribution in [-0.4, -0.2) is 13.1 Å². The molecule has 4 heteroatoms. The van der Waals surface area contributed by atoms with Crippen LogP contribution < -0.4 is 0 Å². The average Bonchev–Trinajstić information content (AvgIpc) is 2.21. The number of hydrogen-bond donors (Lipinski definition) is 0. The molecule has 2 nitrogen and oxygen atoms in total. The molecule has 0 saturated carbocycles. The molecule has 1 aromatic rings. The Bertz CT molecular complexity index is 364. The van der Waals surface area contributed by atoms with Gasteiger partial charge < -0.3 is 4.74 Å². The van der Waals surface area contributed by atoms with E-state index >= 15 is 0 Å². The Hall–Kier alpha value is -0.730. The molecule has 1 aromatic carbocycles. The number of esters is 1. The van der Waals surface area contributed by atoms with E-state index in [1.165, 1.54) is 7.11 Å². The van der Waals surface area contributed by atoms with Crippen molar-refractivity contribution in [2.75, 3.05) is 7.11 Å². The molecule has 0 aliphatic heterocycles. The van der Waals surface area contributed by atoms with Crippen LogP contribution in [0.2, 0.25) is 10.0 Å². The van der Waals surface area contributed by atoms with Crippen molar-refractivity contribution in [3.05, 3.63) is 33.8 Å². The number of methoxy groups -OCH3 is 1. The second-order valence-electron chi connectivity index (χ2n) is 3.15. The van der Waals surface area contributed by atoms with Crippen LogP contribution in [0.15, 0.2) is 18.2 Å². The smallest absolute Gasteiger partial charge is 0.313 e. The standard InChI is InChI=1S/C11H12Cl2O2/c1-3-8(11(14)15-2)9-5-4-7(12)6-10(9)13/h4-6,8H,3H2,1-2H3. The molecule has 82 valence electrons. The van der Waals surface area contributed by atoms with Crippen molar-refractivity contribution < 1.29 is 9.53 Å². The topological polar surface area (TPSA) is 26.3 Å². The first-order valence-electron chi connectivity index (χ1n) is 4.63. The van der Waals surface area contributed by atoms with Gasteiger partial charge in [-0.1, -0.05) is 36.2 Å². The van der Waals surface area contributed by atoms with E-state index in [0.29, 0.717) is 16.5 Å². The van der Waals surface area contributed by atoms with Crippen molar-refractivity contribution in [3.63, 3.8) is 0 Å². The summed E-state index contributed by atoms with van der Waals surface area (Å²) >= 11 is 11.8. The van der Waals surface area contributed by atoms with Gasteiger partial charge in [0.05, 0.1) is 13.0 Å². The number of ether oxygens (including phenoxy) is 1. The molecule has 0 spiro atoms. The quantitative estimate of drug-likeness (QED) is 0.762. The Morgan fingerprint density at radius 2 is 2.13 bits per heavy atom. The molecule has 0 fully saturated rings. The lowest BCUT2D eigenvalue weighted by atomic mass is 9.97. The molecular formula is C11H12Cl2O2. The van der Waals surface area contributed by atoms with Crippen LogP contribution in [0.1, 0.15) is 24.8 Å². The third kappa shape index (κ3) is 2.86. The second kappa shape index (κ2) is 5.38. The first-order valence-corrected chi connectivity index (χ1v) is 5.38. The molecule has 1 unspecified atom stereocenters. The average molecular weight is 247 g/mol. The van der Waals surface area contributed by atoms with Crippen LogP contribution in [0, 0.1) is 0 Å². The number of benzene rings is 1. The lowest BCUT2D eigenvalue weighted by Gasteiger charge is -2.14. The number of halogens is 2. The predicted octanol–water partition coefficient (Wildman–Crippen LogP) is 3.66. The molecule has 0 N–H and O–H groups in total. The maximum absolute atomic E-state index is 11.5. The molecule has 0 aromatic heterocycles. The first-order chi connectivity index (χ1) is 7.10. The maximum atomic E-state index is 11.5. The predicted molar refractivity (Wildman–Crippen MR) is 61.5 cm³/mol. The number of rotatable bonds is 3. The summed E-state index contributed by atoms with van der Waals surface area (Å²) in [6.45, 7) is 1.91. The van der Waals surface area contributed by atoms with Crippen LogP contribution >= 0.6 is 23.2 Å². The van der Waals surface area contributed by atoms with E-state index in [2.05, 4.69) is 0 Å². The van der Waals surface area contributed by atoms with Crippen molar-refractivity contribution in [3.8, 4) is 0 Å². The summed E-state index contributed by atoms with van der Waals surface area (Å²) in [6.07, 6.45) is 0.647. The summed E-state index contributed by atoms with van der Waals surface area (Å²) in [5, 5.41) is 1.06. The number of hydrogen-bond acceptors (Lipinski definition) is 2. The van der Waals surface area contributed by atoms with Crippen LogP contribution in [0.5, 0.6) is 0 Å². The number of carbonyl (C=O) groups is 1. The van der Waals surface area contributed by atoms with E-state index in [1.54, 1.807) is 18.2 Å². The van der Waals surface area contributed by atoms with Gasteiger partial charge in [-0.3, -0.25) is 4.79 Å². The minimum Gasteiger partial charge on any atom is -0.469 e.